The average molecular weight is 249 g/mol. The van der Waals surface area contributed by atoms with Crippen LogP contribution in [0.5, 0.6) is 0 Å². The molecular weight excluding hydrogens is 226 g/mol. The van der Waals surface area contributed by atoms with Crippen LogP contribution in [0.25, 0.3) is 0 Å². The van der Waals surface area contributed by atoms with Gasteiger partial charge in [-0.05, 0) is 25.3 Å². The SMILES string of the molecule is CC(COCc1ccccc1)CC(=O)C(C)(C)N. The zero-order valence-electron chi connectivity index (χ0n) is 11.5. The van der Waals surface area contributed by atoms with Gasteiger partial charge in [0.25, 0.3) is 0 Å². The Morgan fingerprint density at radius 3 is 2.50 bits per heavy atom. The lowest BCUT2D eigenvalue weighted by atomic mass is 9.93. The molecule has 0 amide bonds. The third-order valence-electron chi connectivity index (χ3n) is 2.77. The van der Waals surface area contributed by atoms with Gasteiger partial charge in [0.05, 0.1) is 12.1 Å². The molecule has 18 heavy (non-hydrogen) atoms. The summed E-state index contributed by atoms with van der Waals surface area (Å²) in [5, 5.41) is 0. The average Bonchev–Trinajstić information content (AvgIpc) is 2.29. The summed E-state index contributed by atoms with van der Waals surface area (Å²) < 4.78 is 5.60. The molecule has 3 heteroatoms. The fourth-order valence-corrected chi connectivity index (χ4v) is 1.59. The van der Waals surface area contributed by atoms with Crippen LogP contribution in [-0.4, -0.2) is 17.9 Å². The van der Waals surface area contributed by atoms with Gasteiger partial charge in [-0.1, -0.05) is 37.3 Å². The van der Waals surface area contributed by atoms with E-state index in [0.717, 1.165) is 5.56 Å². The molecule has 0 fully saturated rings. The van der Waals surface area contributed by atoms with Crippen LogP contribution < -0.4 is 5.73 Å². The Morgan fingerprint density at radius 2 is 1.94 bits per heavy atom. The Hall–Kier alpha value is -1.19. The van der Waals surface area contributed by atoms with Crippen molar-refractivity contribution in [2.45, 2.75) is 39.3 Å². The highest BCUT2D eigenvalue weighted by Crippen LogP contribution is 2.11. The minimum absolute atomic E-state index is 0.0818. The van der Waals surface area contributed by atoms with Crippen LogP contribution in [0, 0.1) is 5.92 Å². The van der Waals surface area contributed by atoms with Gasteiger partial charge in [-0.25, -0.2) is 0 Å². The van der Waals surface area contributed by atoms with Gasteiger partial charge < -0.3 is 10.5 Å². The molecule has 0 aliphatic heterocycles. The summed E-state index contributed by atoms with van der Waals surface area (Å²) in [6.45, 7) is 6.66. The zero-order valence-corrected chi connectivity index (χ0v) is 11.5. The highest BCUT2D eigenvalue weighted by molar-refractivity contribution is 5.87. The van der Waals surface area contributed by atoms with Crippen LogP contribution in [0.3, 0.4) is 0 Å². The van der Waals surface area contributed by atoms with Crippen LogP contribution in [0.4, 0.5) is 0 Å². The minimum atomic E-state index is -0.742. The van der Waals surface area contributed by atoms with E-state index in [1.807, 2.05) is 37.3 Å². The van der Waals surface area contributed by atoms with Crippen LogP contribution >= 0.6 is 0 Å². The van der Waals surface area contributed by atoms with Gasteiger partial charge in [0.2, 0.25) is 0 Å². The molecule has 2 N–H and O–H groups in total. The van der Waals surface area contributed by atoms with Crippen molar-refractivity contribution in [3.05, 3.63) is 35.9 Å². The zero-order chi connectivity index (χ0) is 13.6. The Bertz CT molecular complexity index is 368. The van der Waals surface area contributed by atoms with Crippen LogP contribution in [-0.2, 0) is 16.1 Å². The van der Waals surface area contributed by atoms with Gasteiger partial charge >= 0.3 is 0 Å². The maximum Gasteiger partial charge on any atom is 0.152 e. The Morgan fingerprint density at radius 1 is 1.33 bits per heavy atom. The van der Waals surface area contributed by atoms with Gasteiger partial charge in [0, 0.05) is 13.0 Å². The summed E-state index contributed by atoms with van der Waals surface area (Å²) in [6.07, 6.45) is 0.471. The van der Waals surface area contributed by atoms with Crippen LogP contribution in [0.1, 0.15) is 32.8 Å². The number of ether oxygens (including phenoxy) is 1. The molecule has 1 rings (SSSR count). The van der Waals surface area contributed by atoms with Gasteiger partial charge in [-0.3, -0.25) is 4.79 Å². The van der Waals surface area contributed by atoms with E-state index < -0.39 is 5.54 Å². The molecule has 0 saturated heterocycles. The van der Waals surface area contributed by atoms with Gasteiger partial charge in [0.1, 0.15) is 0 Å². The fourth-order valence-electron chi connectivity index (χ4n) is 1.59. The molecule has 0 aromatic heterocycles. The smallest absolute Gasteiger partial charge is 0.152 e. The monoisotopic (exact) mass is 249 g/mol. The first kappa shape index (κ1) is 14.9. The number of carbonyl (C=O) groups is 1. The number of hydrogen-bond acceptors (Lipinski definition) is 3. The van der Waals surface area contributed by atoms with Crippen molar-refractivity contribution in [3.63, 3.8) is 0 Å². The van der Waals surface area contributed by atoms with Gasteiger partial charge in [-0.2, -0.15) is 0 Å². The van der Waals surface area contributed by atoms with Crippen molar-refractivity contribution in [2.75, 3.05) is 6.61 Å². The molecule has 0 aliphatic rings. The summed E-state index contributed by atoms with van der Waals surface area (Å²) >= 11 is 0. The second kappa shape index (κ2) is 6.66. The number of rotatable bonds is 7. The van der Waals surface area contributed by atoms with E-state index in [9.17, 15) is 4.79 Å². The van der Waals surface area contributed by atoms with E-state index in [0.29, 0.717) is 19.6 Å². The van der Waals surface area contributed by atoms with Crippen LogP contribution in [0.2, 0.25) is 0 Å². The summed E-state index contributed by atoms with van der Waals surface area (Å²) in [5.74, 6) is 0.280. The number of ketones is 1. The first-order valence-electron chi connectivity index (χ1n) is 6.33. The third kappa shape index (κ3) is 5.43. The quantitative estimate of drug-likeness (QED) is 0.808. The van der Waals surface area contributed by atoms with E-state index in [2.05, 4.69) is 0 Å². The molecule has 0 aliphatic carbocycles. The topological polar surface area (TPSA) is 52.3 Å². The Labute approximate surface area is 109 Å². The van der Waals surface area contributed by atoms with E-state index in [-0.39, 0.29) is 11.7 Å². The number of Topliss-reactive ketones (excluding diaryl/α,β-unsaturated/α-hetero) is 1. The normalized spacial score (nSPS) is 13.3. The molecule has 0 heterocycles. The van der Waals surface area contributed by atoms with Crippen molar-refractivity contribution in [3.8, 4) is 0 Å². The summed E-state index contributed by atoms with van der Waals surface area (Å²) in [5.41, 5.74) is 6.16. The molecule has 100 valence electrons. The number of hydrogen-bond donors (Lipinski definition) is 1. The largest absolute Gasteiger partial charge is 0.376 e. The molecular formula is C15H23NO2. The second-order valence-corrected chi connectivity index (χ2v) is 5.45. The van der Waals surface area contributed by atoms with Crippen molar-refractivity contribution < 1.29 is 9.53 Å². The summed E-state index contributed by atoms with van der Waals surface area (Å²) in [6, 6.07) is 10.0. The molecule has 3 nitrogen and oxygen atoms in total. The number of benzene rings is 1. The van der Waals surface area contributed by atoms with E-state index in [1.54, 1.807) is 13.8 Å². The standard InChI is InChI=1S/C15H23NO2/c1-12(9-14(17)15(2,3)16)10-18-11-13-7-5-4-6-8-13/h4-8,12H,9-11,16H2,1-3H3. The maximum atomic E-state index is 11.7. The van der Waals surface area contributed by atoms with Gasteiger partial charge in [0.15, 0.2) is 5.78 Å². The van der Waals surface area contributed by atoms with Crippen molar-refractivity contribution >= 4 is 5.78 Å². The van der Waals surface area contributed by atoms with Gasteiger partial charge in [-0.15, -0.1) is 0 Å². The second-order valence-electron chi connectivity index (χ2n) is 5.45. The first-order chi connectivity index (χ1) is 8.39. The minimum Gasteiger partial charge on any atom is -0.376 e. The molecule has 0 spiro atoms. The lowest BCUT2D eigenvalue weighted by Gasteiger charge is -2.19. The lowest BCUT2D eigenvalue weighted by molar-refractivity contribution is -0.124. The third-order valence-corrected chi connectivity index (χ3v) is 2.77. The Balaban J connectivity index is 2.26. The molecule has 0 saturated carbocycles. The Kier molecular flexibility index (Phi) is 5.51. The maximum absolute atomic E-state index is 11.7. The van der Waals surface area contributed by atoms with E-state index >= 15 is 0 Å². The van der Waals surface area contributed by atoms with E-state index in [1.165, 1.54) is 0 Å². The van der Waals surface area contributed by atoms with Crippen molar-refractivity contribution in [1.82, 2.24) is 0 Å². The summed E-state index contributed by atoms with van der Waals surface area (Å²) in [4.78, 5) is 11.7. The van der Waals surface area contributed by atoms with Crippen molar-refractivity contribution in [1.29, 1.82) is 0 Å². The molecule has 1 aromatic rings. The van der Waals surface area contributed by atoms with E-state index in [4.69, 9.17) is 10.5 Å². The molecule has 1 unspecified atom stereocenters. The first-order valence-corrected chi connectivity index (χ1v) is 6.33. The highest BCUT2D eigenvalue weighted by atomic mass is 16.5. The lowest BCUT2D eigenvalue weighted by Crippen LogP contribution is -2.42. The highest BCUT2D eigenvalue weighted by Gasteiger charge is 2.23. The number of carbonyl (C=O) groups excluding carboxylic acids is 1. The molecule has 0 bridgehead atoms. The predicted octanol–water partition coefficient (Wildman–Crippen LogP) is 2.54. The fraction of sp³-hybridized carbons (Fsp3) is 0.533. The summed E-state index contributed by atoms with van der Waals surface area (Å²) in [7, 11) is 0. The number of nitrogens with two attached hydrogens (primary N) is 1. The molecule has 1 atom stereocenters. The van der Waals surface area contributed by atoms with Crippen LogP contribution in [0.15, 0.2) is 30.3 Å². The molecule has 0 radical (unpaired) electrons. The van der Waals surface area contributed by atoms with Crippen molar-refractivity contribution in [2.24, 2.45) is 11.7 Å². The predicted molar refractivity (Wildman–Crippen MR) is 73.2 cm³/mol. The molecule has 1 aromatic carbocycles.